The smallest absolute Gasteiger partial charge is 0.130 e. The minimum Gasteiger partial charge on any atom is -0.493 e. The summed E-state index contributed by atoms with van der Waals surface area (Å²) >= 11 is 0. The fourth-order valence-corrected chi connectivity index (χ4v) is 1.41. The van der Waals surface area contributed by atoms with Crippen LogP contribution in [0.25, 0.3) is 10.9 Å². The van der Waals surface area contributed by atoms with E-state index >= 15 is 0 Å². The fraction of sp³-hybridized carbons (Fsp3) is 0.250. The van der Waals surface area contributed by atoms with Crippen LogP contribution in [-0.2, 0) is 0 Å². The molecular weight excluding hydrogens is 174 g/mol. The molecule has 0 fully saturated rings. The zero-order valence-electron chi connectivity index (χ0n) is 8.23. The van der Waals surface area contributed by atoms with Crippen molar-refractivity contribution >= 4 is 10.9 Å². The summed E-state index contributed by atoms with van der Waals surface area (Å²) in [5, 5.41) is 1.09. The lowest BCUT2D eigenvalue weighted by atomic mass is 10.2. The Kier molecular flexibility index (Phi) is 2.63. The molecule has 0 saturated carbocycles. The summed E-state index contributed by atoms with van der Waals surface area (Å²) in [5.74, 6) is 0.928. The van der Waals surface area contributed by atoms with Gasteiger partial charge in [0.2, 0.25) is 0 Å². The zero-order valence-corrected chi connectivity index (χ0v) is 8.23. The molecule has 0 spiro atoms. The fourth-order valence-electron chi connectivity index (χ4n) is 1.41. The summed E-state index contributed by atoms with van der Waals surface area (Å²) in [7, 11) is 0. The molecule has 2 heteroatoms. The number of rotatable bonds is 3. The van der Waals surface area contributed by atoms with Crippen molar-refractivity contribution < 1.29 is 4.74 Å². The molecule has 72 valence electrons. The van der Waals surface area contributed by atoms with Crippen LogP contribution in [0.4, 0.5) is 0 Å². The van der Waals surface area contributed by atoms with Crippen LogP contribution < -0.4 is 4.74 Å². The molecule has 2 rings (SSSR count). The SMILES string of the molecule is CCCOc1ccnc2ccccc12. The van der Waals surface area contributed by atoms with Gasteiger partial charge >= 0.3 is 0 Å². The number of para-hydroxylation sites is 1. The van der Waals surface area contributed by atoms with Gasteiger partial charge in [0.25, 0.3) is 0 Å². The number of aromatic nitrogens is 1. The van der Waals surface area contributed by atoms with Crippen molar-refractivity contribution in [3.63, 3.8) is 0 Å². The number of hydrogen-bond acceptors (Lipinski definition) is 2. The minimum atomic E-state index is 0.758. The third-order valence-electron chi connectivity index (χ3n) is 2.07. The lowest BCUT2D eigenvalue weighted by Crippen LogP contribution is -1.95. The lowest BCUT2D eigenvalue weighted by molar-refractivity contribution is 0.321. The van der Waals surface area contributed by atoms with Crippen molar-refractivity contribution in [2.45, 2.75) is 13.3 Å². The van der Waals surface area contributed by atoms with Crippen molar-refractivity contribution in [2.24, 2.45) is 0 Å². The molecule has 0 amide bonds. The highest BCUT2D eigenvalue weighted by Crippen LogP contribution is 2.23. The van der Waals surface area contributed by atoms with Gasteiger partial charge in [0.05, 0.1) is 12.1 Å². The van der Waals surface area contributed by atoms with Gasteiger partial charge in [0, 0.05) is 11.6 Å². The van der Waals surface area contributed by atoms with E-state index in [1.54, 1.807) is 6.20 Å². The van der Waals surface area contributed by atoms with E-state index in [0.29, 0.717) is 0 Å². The van der Waals surface area contributed by atoms with Crippen LogP contribution in [0.15, 0.2) is 36.5 Å². The molecule has 1 heterocycles. The first-order valence-electron chi connectivity index (χ1n) is 4.88. The van der Waals surface area contributed by atoms with Crippen molar-refractivity contribution in [3.05, 3.63) is 36.5 Å². The summed E-state index contributed by atoms with van der Waals surface area (Å²) in [6, 6.07) is 9.93. The summed E-state index contributed by atoms with van der Waals surface area (Å²) in [6.45, 7) is 2.86. The van der Waals surface area contributed by atoms with Gasteiger partial charge in [-0.3, -0.25) is 4.98 Å². The van der Waals surface area contributed by atoms with E-state index in [0.717, 1.165) is 29.7 Å². The van der Waals surface area contributed by atoms with Crippen LogP contribution >= 0.6 is 0 Å². The maximum absolute atomic E-state index is 5.63. The first-order chi connectivity index (χ1) is 6.92. The Hall–Kier alpha value is -1.57. The van der Waals surface area contributed by atoms with E-state index < -0.39 is 0 Å². The van der Waals surface area contributed by atoms with Crippen LogP contribution in [-0.4, -0.2) is 11.6 Å². The number of benzene rings is 1. The average Bonchev–Trinajstić information content (AvgIpc) is 2.26. The summed E-state index contributed by atoms with van der Waals surface area (Å²) in [6.07, 6.45) is 2.81. The Bertz CT molecular complexity index is 420. The highest BCUT2D eigenvalue weighted by Gasteiger charge is 2.00. The van der Waals surface area contributed by atoms with E-state index in [1.165, 1.54) is 0 Å². The molecule has 0 atom stereocenters. The van der Waals surface area contributed by atoms with Gasteiger partial charge in [-0.25, -0.2) is 0 Å². The van der Waals surface area contributed by atoms with Crippen molar-refractivity contribution in [3.8, 4) is 5.75 Å². The van der Waals surface area contributed by atoms with E-state index in [-0.39, 0.29) is 0 Å². The van der Waals surface area contributed by atoms with Crippen LogP contribution in [0, 0.1) is 0 Å². The maximum Gasteiger partial charge on any atom is 0.130 e. The van der Waals surface area contributed by atoms with Gasteiger partial charge in [-0.1, -0.05) is 19.1 Å². The zero-order chi connectivity index (χ0) is 9.80. The second-order valence-electron chi connectivity index (χ2n) is 3.17. The molecule has 0 unspecified atom stereocenters. The molecule has 1 aromatic carbocycles. The number of ether oxygens (including phenoxy) is 1. The van der Waals surface area contributed by atoms with E-state index in [4.69, 9.17) is 4.74 Å². The third kappa shape index (κ3) is 1.69. The number of hydrogen-bond donors (Lipinski definition) is 0. The molecule has 0 saturated heterocycles. The van der Waals surface area contributed by atoms with Gasteiger partial charge in [-0.15, -0.1) is 0 Å². The molecule has 1 aromatic heterocycles. The Morgan fingerprint density at radius 3 is 2.93 bits per heavy atom. The highest BCUT2D eigenvalue weighted by atomic mass is 16.5. The van der Waals surface area contributed by atoms with Crippen LogP contribution in [0.2, 0.25) is 0 Å². The second-order valence-corrected chi connectivity index (χ2v) is 3.17. The molecule has 2 nitrogen and oxygen atoms in total. The number of fused-ring (bicyclic) bond motifs is 1. The lowest BCUT2D eigenvalue weighted by Gasteiger charge is -2.06. The standard InChI is InChI=1S/C12H13NO/c1-2-9-14-12-7-8-13-11-6-4-3-5-10(11)12/h3-8H,2,9H2,1H3. The van der Waals surface area contributed by atoms with Gasteiger partial charge in [-0.2, -0.15) is 0 Å². The Balaban J connectivity index is 2.43. The average molecular weight is 187 g/mol. The molecule has 0 aliphatic heterocycles. The summed E-state index contributed by atoms with van der Waals surface area (Å²) in [4.78, 5) is 4.27. The van der Waals surface area contributed by atoms with Gasteiger partial charge in [0.15, 0.2) is 0 Å². The first-order valence-corrected chi connectivity index (χ1v) is 4.88. The third-order valence-corrected chi connectivity index (χ3v) is 2.07. The molecule has 14 heavy (non-hydrogen) atoms. The van der Waals surface area contributed by atoms with Crippen LogP contribution in [0.1, 0.15) is 13.3 Å². The summed E-state index contributed by atoms with van der Waals surface area (Å²) in [5.41, 5.74) is 0.987. The second kappa shape index (κ2) is 4.09. The predicted octanol–water partition coefficient (Wildman–Crippen LogP) is 3.02. The normalized spacial score (nSPS) is 10.4. The minimum absolute atomic E-state index is 0.758. The first kappa shape index (κ1) is 9.00. The van der Waals surface area contributed by atoms with Crippen molar-refractivity contribution in [2.75, 3.05) is 6.61 Å². The molecule has 0 aliphatic carbocycles. The van der Waals surface area contributed by atoms with E-state index in [9.17, 15) is 0 Å². The van der Waals surface area contributed by atoms with Crippen molar-refractivity contribution in [1.82, 2.24) is 4.98 Å². The largest absolute Gasteiger partial charge is 0.493 e. The van der Waals surface area contributed by atoms with E-state index in [2.05, 4.69) is 11.9 Å². The van der Waals surface area contributed by atoms with Gasteiger partial charge in [-0.05, 0) is 24.6 Å². The highest BCUT2D eigenvalue weighted by molar-refractivity contribution is 5.84. The molecule has 2 aromatic rings. The predicted molar refractivity (Wildman–Crippen MR) is 57.5 cm³/mol. The topological polar surface area (TPSA) is 22.1 Å². The molecule has 0 aliphatic rings. The van der Waals surface area contributed by atoms with Gasteiger partial charge in [0.1, 0.15) is 5.75 Å². The molecular formula is C12H13NO. The maximum atomic E-state index is 5.63. The molecule has 0 radical (unpaired) electrons. The Morgan fingerprint density at radius 2 is 2.07 bits per heavy atom. The van der Waals surface area contributed by atoms with Crippen LogP contribution in [0.5, 0.6) is 5.75 Å². The molecule has 0 bridgehead atoms. The summed E-state index contributed by atoms with van der Waals surface area (Å²) < 4.78 is 5.63. The quantitative estimate of drug-likeness (QED) is 0.736. The van der Waals surface area contributed by atoms with Crippen molar-refractivity contribution in [1.29, 1.82) is 0 Å². The number of nitrogens with zero attached hydrogens (tertiary/aromatic N) is 1. The van der Waals surface area contributed by atoms with Crippen LogP contribution in [0.3, 0.4) is 0 Å². The Labute approximate surface area is 83.5 Å². The number of pyridine rings is 1. The molecule has 0 N–H and O–H groups in total. The van der Waals surface area contributed by atoms with E-state index in [1.807, 2.05) is 30.3 Å². The Morgan fingerprint density at radius 1 is 1.21 bits per heavy atom. The van der Waals surface area contributed by atoms with Gasteiger partial charge < -0.3 is 4.74 Å². The monoisotopic (exact) mass is 187 g/mol.